The third-order valence-corrected chi connectivity index (χ3v) is 2.11. The summed E-state index contributed by atoms with van der Waals surface area (Å²) >= 11 is 0. The van der Waals surface area contributed by atoms with E-state index >= 15 is 0 Å². The van der Waals surface area contributed by atoms with E-state index in [0.29, 0.717) is 5.92 Å². The van der Waals surface area contributed by atoms with Crippen molar-refractivity contribution >= 4 is 0 Å². The van der Waals surface area contributed by atoms with Crippen molar-refractivity contribution in [3.05, 3.63) is 11.5 Å². The first-order valence-electron chi connectivity index (χ1n) is 4.25. The van der Waals surface area contributed by atoms with Crippen molar-refractivity contribution < 1.29 is 4.74 Å². The first-order chi connectivity index (χ1) is 5.16. The molecule has 0 bridgehead atoms. The maximum atomic E-state index is 5.54. The lowest BCUT2D eigenvalue weighted by Gasteiger charge is -2.13. The van der Waals surface area contributed by atoms with Crippen molar-refractivity contribution in [2.45, 2.75) is 27.7 Å². The van der Waals surface area contributed by atoms with Gasteiger partial charge in [-0.3, -0.25) is 0 Å². The van der Waals surface area contributed by atoms with E-state index in [-0.39, 0.29) is 0 Å². The lowest BCUT2D eigenvalue weighted by molar-refractivity contribution is 0.140. The highest BCUT2D eigenvalue weighted by atomic mass is 16.5. The molecule has 1 aliphatic rings. The van der Waals surface area contributed by atoms with Crippen LogP contribution in [0.1, 0.15) is 27.7 Å². The number of hydrogen-bond donors (Lipinski definition) is 0. The largest absolute Gasteiger partial charge is 0.475 e. The molecule has 0 saturated heterocycles. The summed E-state index contributed by atoms with van der Waals surface area (Å²) < 4.78 is 5.54. The van der Waals surface area contributed by atoms with Gasteiger partial charge in [0.15, 0.2) is 6.73 Å². The second kappa shape index (κ2) is 3.16. The van der Waals surface area contributed by atoms with E-state index in [1.807, 2.05) is 0 Å². The molecule has 0 spiro atoms. The third kappa shape index (κ3) is 1.50. The summed E-state index contributed by atoms with van der Waals surface area (Å²) in [5, 5.41) is 0. The highest BCUT2D eigenvalue weighted by Gasteiger charge is 2.20. The Labute approximate surface area is 68.8 Å². The maximum Gasteiger partial charge on any atom is 0.160 e. The zero-order chi connectivity index (χ0) is 8.43. The molecular weight excluding hydrogens is 138 g/mol. The van der Waals surface area contributed by atoms with E-state index in [1.54, 1.807) is 0 Å². The molecule has 1 rings (SSSR count). The van der Waals surface area contributed by atoms with E-state index in [4.69, 9.17) is 4.74 Å². The van der Waals surface area contributed by atoms with Crippen molar-refractivity contribution in [1.29, 1.82) is 0 Å². The molecule has 0 aromatic rings. The summed E-state index contributed by atoms with van der Waals surface area (Å²) in [7, 11) is 0. The molecule has 11 heavy (non-hydrogen) atoms. The zero-order valence-corrected chi connectivity index (χ0v) is 7.85. The molecule has 0 radical (unpaired) electrons. The van der Waals surface area contributed by atoms with Crippen molar-refractivity contribution in [2.24, 2.45) is 5.92 Å². The standard InChI is InChI=1S/C9H17NO/c1-5-10-6-11-9(7(2)3)8(10)4/h7H,5-6H2,1-4H3. The fraction of sp³-hybridized carbons (Fsp3) is 0.778. The van der Waals surface area contributed by atoms with Gasteiger partial charge in [-0.05, 0) is 13.8 Å². The highest BCUT2D eigenvalue weighted by molar-refractivity contribution is 5.10. The average molecular weight is 155 g/mol. The molecule has 0 aliphatic carbocycles. The Hall–Kier alpha value is -0.660. The van der Waals surface area contributed by atoms with Crippen molar-refractivity contribution in [1.82, 2.24) is 4.90 Å². The minimum absolute atomic E-state index is 0.520. The Morgan fingerprint density at radius 3 is 2.45 bits per heavy atom. The van der Waals surface area contributed by atoms with Gasteiger partial charge in [0, 0.05) is 12.5 Å². The summed E-state index contributed by atoms with van der Waals surface area (Å²) in [6, 6.07) is 0. The number of allylic oxidation sites excluding steroid dienone is 2. The summed E-state index contributed by atoms with van der Waals surface area (Å²) in [6.07, 6.45) is 0. The zero-order valence-electron chi connectivity index (χ0n) is 7.85. The Kier molecular flexibility index (Phi) is 2.42. The smallest absolute Gasteiger partial charge is 0.160 e. The number of ether oxygens (including phenoxy) is 1. The van der Waals surface area contributed by atoms with Gasteiger partial charge < -0.3 is 9.64 Å². The first kappa shape index (κ1) is 8.44. The quantitative estimate of drug-likeness (QED) is 0.606. The van der Waals surface area contributed by atoms with Crippen LogP contribution in [0.15, 0.2) is 11.5 Å². The van der Waals surface area contributed by atoms with Crippen LogP contribution >= 0.6 is 0 Å². The molecule has 64 valence electrons. The molecule has 0 N–H and O–H groups in total. The second-order valence-corrected chi connectivity index (χ2v) is 3.23. The molecule has 2 heteroatoms. The number of hydrogen-bond acceptors (Lipinski definition) is 2. The van der Waals surface area contributed by atoms with Crippen LogP contribution in [0.2, 0.25) is 0 Å². The average Bonchev–Trinajstić information content (AvgIpc) is 2.30. The van der Waals surface area contributed by atoms with Crippen LogP contribution in [-0.2, 0) is 4.74 Å². The van der Waals surface area contributed by atoms with Crippen LogP contribution in [0.4, 0.5) is 0 Å². The van der Waals surface area contributed by atoms with Gasteiger partial charge in [-0.1, -0.05) is 13.8 Å². The van der Waals surface area contributed by atoms with Crippen molar-refractivity contribution in [3.63, 3.8) is 0 Å². The van der Waals surface area contributed by atoms with Gasteiger partial charge in [0.05, 0.1) is 5.70 Å². The molecule has 0 aromatic carbocycles. The van der Waals surface area contributed by atoms with E-state index in [1.165, 1.54) is 5.70 Å². The highest BCUT2D eigenvalue weighted by Crippen LogP contribution is 2.24. The van der Waals surface area contributed by atoms with Gasteiger partial charge in [-0.2, -0.15) is 0 Å². The molecule has 0 amide bonds. The van der Waals surface area contributed by atoms with Gasteiger partial charge in [0.2, 0.25) is 0 Å². The number of rotatable bonds is 2. The SMILES string of the molecule is CCN1COC(C(C)C)=C1C. The van der Waals surface area contributed by atoms with Gasteiger partial charge in [0.1, 0.15) is 5.76 Å². The van der Waals surface area contributed by atoms with Crippen LogP contribution in [0.5, 0.6) is 0 Å². The third-order valence-electron chi connectivity index (χ3n) is 2.11. The predicted octanol–water partition coefficient (Wildman–Crippen LogP) is 2.18. The van der Waals surface area contributed by atoms with Gasteiger partial charge >= 0.3 is 0 Å². The summed E-state index contributed by atoms with van der Waals surface area (Å²) in [4.78, 5) is 2.25. The van der Waals surface area contributed by atoms with Crippen LogP contribution in [-0.4, -0.2) is 18.2 Å². The molecular formula is C9H17NO. The minimum Gasteiger partial charge on any atom is -0.475 e. The molecule has 0 aromatic heterocycles. The molecule has 2 nitrogen and oxygen atoms in total. The molecule has 1 heterocycles. The van der Waals surface area contributed by atoms with E-state index in [0.717, 1.165) is 19.0 Å². The maximum absolute atomic E-state index is 5.54. The van der Waals surface area contributed by atoms with E-state index in [2.05, 4.69) is 32.6 Å². The Bertz CT molecular complexity index is 172. The molecule has 0 unspecified atom stereocenters. The summed E-state index contributed by atoms with van der Waals surface area (Å²) in [5.74, 6) is 1.68. The Morgan fingerprint density at radius 2 is 2.18 bits per heavy atom. The second-order valence-electron chi connectivity index (χ2n) is 3.23. The first-order valence-corrected chi connectivity index (χ1v) is 4.25. The topological polar surface area (TPSA) is 12.5 Å². The van der Waals surface area contributed by atoms with Crippen LogP contribution in [0, 0.1) is 5.92 Å². The Balaban J connectivity index is 2.72. The molecule has 0 atom stereocenters. The molecule has 0 saturated carbocycles. The summed E-state index contributed by atoms with van der Waals surface area (Å²) in [5.41, 5.74) is 1.31. The predicted molar refractivity (Wildman–Crippen MR) is 45.9 cm³/mol. The van der Waals surface area contributed by atoms with Gasteiger partial charge in [-0.25, -0.2) is 0 Å². The summed E-state index contributed by atoms with van der Waals surface area (Å²) in [6.45, 7) is 10.4. The molecule has 1 aliphatic heterocycles. The van der Waals surface area contributed by atoms with Gasteiger partial charge in [0.25, 0.3) is 0 Å². The van der Waals surface area contributed by atoms with Crippen molar-refractivity contribution in [2.75, 3.05) is 13.3 Å². The fourth-order valence-corrected chi connectivity index (χ4v) is 1.42. The monoisotopic (exact) mass is 155 g/mol. The molecule has 0 fully saturated rings. The normalized spacial score (nSPS) is 18.1. The van der Waals surface area contributed by atoms with E-state index < -0.39 is 0 Å². The van der Waals surface area contributed by atoms with Crippen LogP contribution in [0.25, 0.3) is 0 Å². The minimum atomic E-state index is 0.520. The van der Waals surface area contributed by atoms with Crippen molar-refractivity contribution in [3.8, 4) is 0 Å². The van der Waals surface area contributed by atoms with E-state index in [9.17, 15) is 0 Å². The van der Waals surface area contributed by atoms with Gasteiger partial charge in [-0.15, -0.1) is 0 Å². The lowest BCUT2D eigenvalue weighted by Crippen LogP contribution is -2.17. The van der Waals surface area contributed by atoms with Crippen LogP contribution in [0.3, 0.4) is 0 Å². The number of nitrogens with zero attached hydrogens (tertiary/aromatic N) is 1. The lowest BCUT2D eigenvalue weighted by atomic mass is 10.1. The fourth-order valence-electron chi connectivity index (χ4n) is 1.42. The Morgan fingerprint density at radius 1 is 1.55 bits per heavy atom. The van der Waals surface area contributed by atoms with Crippen LogP contribution < -0.4 is 0 Å².